The van der Waals surface area contributed by atoms with E-state index < -0.39 is 6.10 Å². The Morgan fingerprint density at radius 2 is 2.16 bits per heavy atom. The summed E-state index contributed by atoms with van der Waals surface area (Å²) in [7, 11) is 3.26. The Morgan fingerprint density at radius 1 is 1.32 bits per heavy atom. The summed E-state index contributed by atoms with van der Waals surface area (Å²) in [4.78, 5) is 0. The molecule has 2 N–H and O–H groups in total. The molecule has 0 aliphatic rings. The molecule has 1 heterocycles. The van der Waals surface area contributed by atoms with Gasteiger partial charge in [0.1, 0.15) is 12.4 Å². The van der Waals surface area contributed by atoms with Gasteiger partial charge in [0.05, 0.1) is 31.7 Å². The molecule has 0 aliphatic carbocycles. The van der Waals surface area contributed by atoms with Crippen LogP contribution in [0, 0.1) is 0 Å². The van der Waals surface area contributed by atoms with Gasteiger partial charge in [0.15, 0.2) is 0 Å². The first-order chi connectivity index (χ1) is 9.26. The molecule has 0 aliphatic heterocycles. The van der Waals surface area contributed by atoms with Crippen molar-refractivity contribution in [1.29, 1.82) is 0 Å². The minimum Gasteiger partial charge on any atom is -0.467 e. The zero-order valence-electron chi connectivity index (χ0n) is 11.5. The fourth-order valence-electron chi connectivity index (χ4n) is 1.56. The Labute approximate surface area is 113 Å². The van der Waals surface area contributed by atoms with Crippen LogP contribution < -0.4 is 5.32 Å². The normalized spacial score (nSPS) is 14.5. The lowest BCUT2D eigenvalue weighted by Crippen LogP contribution is -2.37. The van der Waals surface area contributed by atoms with Crippen molar-refractivity contribution in [1.82, 2.24) is 5.32 Å². The van der Waals surface area contributed by atoms with E-state index >= 15 is 0 Å². The van der Waals surface area contributed by atoms with Crippen molar-refractivity contribution >= 4 is 0 Å². The first kappa shape index (κ1) is 16.1. The number of hydrogen-bond acceptors (Lipinski definition) is 6. The van der Waals surface area contributed by atoms with Gasteiger partial charge in [0.2, 0.25) is 0 Å². The average molecular weight is 273 g/mol. The highest BCUT2D eigenvalue weighted by molar-refractivity contribution is 4.96. The maximum Gasteiger partial charge on any atom is 0.129 e. The van der Waals surface area contributed by atoms with E-state index in [0.717, 1.165) is 5.76 Å². The highest BCUT2D eigenvalue weighted by Crippen LogP contribution is 2.01. The number of nitrogens with one attached hydrogen (secondary N) is 1. The summed E-state index contributed by atoms with van der Waals surface area (Å²) in [6, 6.07) is 3.63. The van der Waals surface area contributed by atoms with Crippen LogP contribution >= 0.6 is 0 Å². The molecule has 19 heavy (non-hydrogen) atoms. The van der Waals surface area contributed by atoms with E-state index in [1.165, 1.54) is 0 Å². The molecule has 1 aromatic rings. The van der Waals surface area contributed by atoms with Gasteiger partial charge in [-0.1, -0.05) is 0 Å². The summed E-state index contributed by atoms with van der Waals surface area (Å²) in [6.07, 6.45) is 1.02. The number of methoxy groups -OCH3 is 2. The average Bonchev–Trinajstić information content (AvgIpc) is 2.91. The monoisotopic (exact) mass is 273 g/mol. The van der Waals surface area contributed by atoms with E-state index in [4.69, 9.17) is 18.6 Å². The fourth-order valence-corrected chi connectivity index (χ4v) is 1.56. The quantitative estimate of drug-likeness (QED) is 0.608. The van der Waals surface area contributed by atoms with Crippen molar-refractivity contribution < 1.29 is 23.7 Å². The summed E-state index contributed by atoms with van der Waals surface area (Å²) in [5.74, 6) is 0.750. The van der Waals surface area contributed by atoms with Gasteiger partial charge in [-0.3, -0.25) is 0 Å². The highest BCUT2D eigenvalue weighted by atomic mass is 16.5. The maximum atomic E-state index is 9.70. The van der Waals surface area contributed by atoms with Crippen LogP contribution in [0.15, 0.2) is 22.8 Å². The van der Waals surface area contributed by atoms with Crippen molar-refractivity contribution in [3.05, 3.63) is 24.2 Å². The predicted molar refractivity (Wildman–Crippen MR) is 69.9 cm³/mol. The summed E-state index contributed by atoms with van der Waals surface area (Å²) >= 11 is 0. The zero-order chi connectivity index (χ0) is 13.9. The van der Waals surface area contributed by atoms with Gasteiger partial charge in [-0.05, 0) is 12.1 Å². The van der Waals surface area contributed by atoms with E-state index in [1.807, 2.05) is 6.07 Å². The Balaban J connectivity index is 2.02. The van der Waals surface area contributed by atoms with Crippen LogP contribution in [-0.4, -0.2) is 57.8 Å². The lowest BCUT2D eigenvalue weighted by Gasteiger charge is -2.17. The van der Waals surface area contributed by atoms with Crippen molar-refractivity contribution in [3.63, 3.8) is 0 Å². The van der Waals surface area contributed by atoms with Crippen LogP contribution in [-0.2, 0) is 20.8 Å². The largest absolute Gasteiger partial charge is 0.467 e. The van der Waals surface area contributed by atoms with E-state index in [1.54, 1.807) is 26.5 Å². The number of rotatable bonds is 11. The molecule has 0 radical (unpaired) electrons. The van der Waals surface area contributed by atoms with E-state index in [2.05, 4.69) is 5.32 Å². The lowest BCUT2D eigenvalue weighted by molar-refractivity contribution is 0.0120. The minimum atomic E-state index is -0.560. The van der Waals surface area contributed by atoms with Crippen LogP contribution in [0.5, 0.6) is 0 Å². The second kappa shape index (κ2) is 9.94. The summed E-state index contributed by atoms with van der Waals surface area (Å²) in [6.45, 7) is 2.22. The van der Waals surface area contributed by atoms with E-state index in [0.29, 0.717) is 26.3 Å². The van der Waals surface area contributed by atoms with Crippen molar-refractivity contribution in [2.24, 2.45) is 0 Å². The van der Waals surface area contributed by atoms with Gasteiger partial charge >= 0.3 is 0 Å². The highest BCUT2D eigenvalue weighted by Gasteiger charge is 2.09. The molecule has 0 aromatic carbocycles. The van der Waals surface area contributed by atoms with Gasteiger partial charge in [-0.15, -0.1) is 0 Å². The SMILES string of the molecule is COCC(CNCC(O)COCc1ccco1)OC. The molecule has 0 amide bonds. The number of furan rings is 1. The van der Waals surface area contributed by atoms with E-state index in [-0.39, 0.29) is 12.7 Å². The van der Waals surface area contributed by atoms with E-state index in [9.17, 15) is 5.11 Å². The molecule has 2 unspecified atom stereocenters. The van der Waals surface area contributed by atoms with Gasteiger partial charge in [-0.25, -0.2) is 0 Å². The summed E-state index contributed by atoms with van der Waals surface area (Å²) < 4.78 is 20.6. The first-order valence-electron chi connectivity index (χ1n) is 6.27. The Hall–Kier alpha value is -0.920. The van der Waals surface area contributed by atoms with Gasteiger partial charge < -0.3 is 29.1 Å². The molecule has 1 aromatic heterocycles. The number of aliphatic hydroxyl groups excluding tert-OH is 1. The van der Waals surface area contributed by atoms with Crippen molar-refractivity contribution in [2.45, 2.75) is 18.8 Å². The third-order valence-corrected chi connectivity index (χ3v) is 2.57. The van der Waals surface area contributed by atoms with Crippen LogP contribution in [0.2, 0.25) is 0 Å². The smallest absolute Gasteiger partial charge is 0.129 e. The molecular weight excluding hydrogens is 250 g/mol. The van der Waals surface area contributed by atoms with Crippen molar-refractivity contribution in [3.8, 4) is 0 Å². The maximum absolute atomic E-state index is 9.70. The van der Waals surface area contributed by atoms with Crippen LogP contribution in [0.25, 0.3) is 0 Å². The summed E-state index contributed by atoms with van der Waals surface area (Å²) in [5, 5.41) is 12.8. The second-order valence-corrected chi connectivity index (χ2v) is 4.22. The first-order valence-corrected chi connectivity index (χ1v) is 6.27. The molecular formula is C13H23NO5. The Morgan fingerprint density at radius 3 is 2.79 bits per heavy atom. The van der Waals surface area contributed by atoms with Crippen LogP contribution in [0.4, 0.5) is 0 Å². The second-order valence-electron chi connectivity index (χ2n) is 4.22. The number of ether oxygens (including phenoxy) is 3. The standard InChI is InChI=1S/C13H23NO5/c1-16-9-13(17-2)7-14-6-11(15)8-18-10-12-4-3-5-19-12/h3-5,11,13-15H,6-10H2,1-2H3. The molecule has 1 rings (SSSR count). The Bertz CT molecular complexity index is 304. The molecule has 0 saturated carbocycles. The summed E-state index contributed by atoms with van der Waals surface area (Å²) in [5.41, 5.74) is 0. The topological polar surface area (TPSA) is 73.1 Å². The van der Waals surface area contributed by atoms with Crippen LogP contribution in [0.1, 0.15) is 5.76 Å². The molecule has 6 nitrogen and oxygen atoms in total. The van der Waals surface area contributed by atoms with Gasteiger partial charge in [0, 0.05) is 27.3 Å². The molecule has 2 atom stereocenters. The van der Waals surface area contributed by atoms with Crippen molar-refractivity contribution in [2.75, 3.05) is 40.5 Å². The predicted octanol–water partition coefficient (Wildman–Crippen LogP) is 0.408. The fraction of sp³-hybridized carbons (Fsp3) is 0.692. The third-order valence-electron chi connectivity index (χ3n) is 2.57. The molecule has 110 valence electrons. The lowest BCUT2D eigenvalue weighted by atomic mass is 10.3. The molecule has 6 heteroatoms. The van der Waals surface area contributed by atoms with Crippen LogP contribution in [0.3, 0.4) is 0 Å². The molecule has 0 saturated heterocycles. The Kier molecular flexibility index (Phi) is 8.44. The molecule has 0 bridgehead atoms. The van der Waals surface area contributed by atoms with Gasteiger partial charge in [0.25, 0.3) is 0 Å². The number of aliphatic hydroxyl groups is 1. The third kappa shape index (κ3) is 7.29. The zero-order valence-corrected chi connectivity index (χ0v) is 11.5. The molecule has 0 fully saturated rings. The number of hydrogen-bond donors (Lipinski definition) is 2. The molecule has 0 spiro atoms. The minimum absolute atomic E-state index is 0.0127. The van der Waals surface area contributed by atoms with Gasteiger partial charge in [-0.2, -0.15) is 0 Å².